The highest BCUT2D eigenvalue weighted by atomic mass is 16.1. The van der Waals surface area contributed by atoms with Gasteiger partial charge in [0.15, 0.2) is 0 Å². The molecule has 0 unspecified atom stereocenters. The largest absolute Gasteiger partial charge is 0.364 e. The van der Waals surface area contributed by atoms with Crippen LogP contribution in [0.2, 0.25) is 0 Å². The van der Waals surface area contributed by atoms with E-state index in [4.69, 9.17) is 5.73 Å². The van der Waals surface area contributed by atoms with Crippen LogP contribution in [0.1, 0.15) is 10.5 Å². The summed E-state index contributed by atoms with van der Waals surface area (Å²) in [6, 6.07) is 8.97. The monoisotopic (exact) mass is 242 g/mol. The van der Waals surface area contributed by atoms with E-state index in [1.54, 1.807) is 18.3 Å². The Bertz CT molecular complexity index is 563. The number of primary amides is 1. The summed E-state index contributed by atoms with van der Waals surface area (Å²) in [6.07, 6.45) is 1.72. The van der Waals surface area contributed by atoms with Crippen molar-refractivity contribution in [3.8, 4) is 11.3 Å². The van der Waals surface area contributed by atoms with Gasteiger partial charge in [-0.1, -0.05) is 6.07 Å². The molecule has 0 aliphatic carbocycles. The number of aromatic nitrogens is 2. The summed E-state index contributed by atoms with van der Waals surface area (Å²) in [5, 5.41) is 0. The summed E-state index contributed by atoms with van der Waals surface area (Å²) < 4.78 is 0. The minimum Gasteiger partial charge on any atom is -0.364 e. The summed E-state index contributed by atoms with van der Waals surface area (Å²) in [7, 11) is 3.85. The van der Waals surface area contributed by atoms with Crippen molar-refractivity contribution in [1.29, 1.82) is 0 Å². The zero-order valence-electron chi connectivity index (χ0n) is 10.3. The molecule has 2 aromatic rings. The van der Waals surface area contributed by atoms with E-state index >= 15 is 0 Å². The molecule has 1 amide bonds. The molecule has 0 spiro atoms. The standard InChI is InChI=1S/C13H14N4O/c1-17(2)12-7-6-9(8-15-12)10-4-3-5-11(16-10)13(14)18/h3-8H,1-2H3,(H2,14,18). The molecule has 0 fully saturated rings. The Kier molecular flexibility index (Phi) is 3.23. The summed E-state index contributed by atoms with van der Waals surface area (Å²) in [5.41, 5.74) is 6.99. The number of carbonyl (C=O) groups excluding carboxylic acids is 1. The molecule has 2 aromatic heterocycles. The van der Waals surface area contributed by atoms with Crippen LogP contribution in [0, 0.1) is 0 Å². The number of hydrogen-bond acceptors (Lipinski definition) is 4. The van der Waals surface area contributed by atoms with Gasteiger partial charge in [-0.15, -0.1) is 0 Å². The Balaban J connectivity index is 2.36. The second kappa shape index (κ2) is 4.83. The van der Waals surface area contributed by atoms with Gasteiger partial charge in [-0.2, -0.15) is 0 Å². The van der Waals surface area contributed by atoms with Gasteiger partial charge in [0.25, 0.3) is 5.91 Å². The van der Waals surface area contributed by atoms with Gasteiger partial charge >= 0.3 is 0 Å². The predicted octanol–water partition coefficient (Wildman–Crippen LogP) is 1.31. The Hall–Kier alpha value is -2.43. The molecule has 5 nitrogen and oxygen atoms in total. The molecule has 0 aliphatic heterocycles. The van der Waals surface area contributed by atoms with E-state index in [1.165, 1.54) is 0 Å². The first-order valence-corrected chi connectivity index (χ1v) is 5.48. The van der Waals surface area contributed by atoms with E-state index in [1.807, 2.05) is 37.2 Å². The van der Waals surface area contributed by atoms with Crippen LogP contribution in [0.5, 0.6) is 0 Å². The number of pyridine rings is 2. The molecule has 0 saturated heterocycles. The Morgan fingerprint density at radius 1 is 1.22 bits per heavy atom. The first kappa shape index (κ1) is 12.0. The van der Waals surface area contributed by atoms with E-state index in [2.05, 4.69) is 9.97 Å². The summed E-state index contributed by atoms with van der Waals surface area (Å²) >= 11 is 0. The second-order valence-electron chi connectivity index (χ2n) is 4.07. The highest BCUT2D eigenvalue weighted by Crippen LogP contribution is 2.18. The Morgan fingerprint density at radius 2 is 2.00 bits per heavy atom. The van der Waals surface area contributed by atoms with Gasteiger partial charge in [0, 0.05) is 25.9 Å². The lowest BCUT2D eigenvalue weighted by Gasteiger charge is -2.11. The summed E-state index contributed by atoms with van der Waals surface area (Å²) in [5.74, 6) is 0.333. The van der Waals surface area contributed by atoms with E-state index in [0.29, 0.717) is 5.69 Å². The van der Waals surface area contributed by atoms with Crippen LogP contribution in [0.3, 0.4) is 0 Å². The molecule has 0 bridgehead atoms. The molecule has 0 aromatic carbocycles. The number of nitrogens with two attached hydrogens (primary N) is 1. The molecule has 0 aliphatic rings. The number of anilines is 1. The number of carbonyl (C=O) groups is 1. The average molecular weight is 242 g/mol. The summed E-state index contributed by atoms with van der Waals surface area (Å²) in [4.78, 5) is 21.5. The molecular formula is C13H14N4O. The number of amides is 1. The minimum absolute atomic E-state index is 0.254. The third-order valence-electron chi connectivity index (χ3n) is 2.50. The number of hydrogen-bond donors (Lipinski definition) is 1. The van der Waals surface area contributed by atoms with Gasteiger partial charge in [-0.25, -0.2) is 9.97 Å². The van der Waals surface area contributed by atoms with Crippen molar-refractivity contribution in [2.45, 2.75) is 0 Å². The van der Waals surface area contributed by atoms with Crippen LogP contribution >= 0.6 is 0 Å². The van der Waals surface area contributed by atoms with Crippen LogP contribution in [0.15, 0.2) is 36.5 Å². The van der Waals surface area contributed by atoms with Gasteiger partial charge in [-0.05, 0) is 24.3 Å². The molecule has 92 valence electrons. The van der Waals surface area contributed by atoms with Crippen LogP contribution in [-0.2, 0) is 0 Å². The first-order valence-electron chi connectivity index (χ1n) is 5.48. The van der Waals surface area contributed by atoms with Crippen molar-refractivity contribution >= 4 is 11.7 Å². The minimum atomic E-state index is -0.533. The Labute approximate surface area is 105 Å². The molecule has 5 heteroatoms. The van der Waals surface area contributed by atoms with Gasteiger partial charge < -0.3 is 10.6 Å². The van der Waals surface area contributed by atoms with Crippen molar-refractivity contribution < 1.29 is 4.79 Å². The van der Waals surface area contributed by atoms with Crippen molar-refractivity contribution in [1.82, 2.24) is 9.97 Å². The van der Waals surface area contributed by atoms with E-state index in [-0.39, 0.29) is 5.69 Å². The maximum Gasteiger partial charge on any atom is 0.267 e. The first-order chi connectivity index (χ1) is 8.58. The van der Waals surface area contributed by atoms with Gasteiger partial charge in [0.1, 0.15) is 11.5 Å². The SMILES string of the molecule is CN(C)c1ccc(-c2cccc(C(N)=O)n2)cn1. The quantitative estimate of drug-likeness (QED) is 0.880. The summed E-state index contributed by atoms with van der Waals surface area (Å²) in [6.45, 7) is 0. The lowest BCUT2D eigenvalue weighted by atomic mass is 10.2. The lowest BCUT2D eigenvalue weighted by Crippen LogP contribution is -2.13. The lowest BCUT2D eigenvalue weighted by molar-refractivity contribution is 0.0995. The van der Waals surface area contributed by atoms with Gasteiger partial charge in [0.2, 0.25) is 0 Å². The molecular weight excluding hydrogens is 228 g/mol. The van der Waals surface area contributed by atoms with Crippen molar-refractivity contribution in [3.63, 3.8) is 0 Å². The normalized spacial score (nSPS) is 10.1. The molecule has 0 saturated carbocycles. The van der Waals surface area contributed by atoms with Crippen LogP contribution in [0.4, 0.5) is 5.82 Å². The fourth-order valence-electron chi connectivity index (χ4n) is 1.53. The zero-order valence-corrected chi connectivity index (χ0v) is 10.3. The molecule has 0 atom stereocenters. The Morgan fingerprint density at radius 3 is 2.56 bits per heavy atom. The van der Waals surface area contributed by atoms with Crippen molar-refractivity contribution in [2.75, 3.05) is 19.0 Å². The maximum absolute atomic E-state index is 11.1. The highest BCUT2D eigenvalue weighted by Gasteiger charge is 2.05. The van der Waals surface area contributed by atoms with Crippen molar-refractivity contribution in [3.05, 3.63) is 42.2 Å². The van der Waals surface area contributed by atoms with E-state index < -0.39 is 5.91 Å². The van der Waals surface area contributed by atoms with Gasteiger partial charge in [0.05, 0.1) is 5.69 Å². The van der Waals surface area contributed by atoms with Crippen LogP contribution in [-0.4, -0.2) is 30.0 Å². The average Bonchev–Trinajstić information content (AvgIpc) is 2.39. The fourth-order valence-corrected chi connectivity index (χ4v) is 1.53. The van der Waals surface area contributed by atoms with E-state index in [9.17, 15) is 4.79 Å². The smallest absolute Gasteiger partial charge is 0.267 e. The number of rotatable bonds is 3. The maximum atomic E-state index is 11.1. The molecule has 18 heavy (non-hydrogen) atoms. The highest BCUT2D eigenvalue weighted by molar-refractivity contribution is 5.91. The molecule has 2 heterocycles. The molecule has 0 radical (unpaired) electrons. The zero-order chi connectivity index (χ0) is 13.1. The third-order valence-corrected chi connectivity index (χ3v) is 2.50. The van der Waals surface area contributed by atoms with Crippen molar-refractivity contribution in [2.24, 2.45) is 5.73 Å². The second-order valence-corrected chi connectivity index (χ2v) is 4.07. The van der Waals surface area contributed by atoms with E-state index in [0.717, 1.165) is 11.4 Å². The topological polar surface area (TPSA) is 72.1 Å². The molecule has 2 rings (SSSR count). The molecule has 2 N–H and O–H groups in total. The van der Waals surface area contributed by atoms with Gasteiger partial charge in [-0.3, -0.25) is 4.79 Å². The fraction of sp³-hybridized carbons (Fsp3) is 0.154. The third kappa shape index (κ3) is 2.45. The van der Waals surface area contributed by atoms with Crippen LogP contribution in [0.25, 0.3) is 11.3 Å². The predicted molar refractivity (Wildman–Crippen MR) is 70.3 cm³/mol. The van der Waals surface area contributed by atoms with Crippen LogP contribution < -0.4 is 10.6 Å². The number of nitrogens with zero attached hydrogens (tertiary/aromatic N) is 3.